The molecule has 2 rings (SSSR count). The van der Waals surface area contributed by atoms with E-state index < -0.39 is 0 Å². The van der Waals surface area contributed by atoms with E-state index in [-0.39, 0.29) is 19.2 Å². The zero-order valence-electron chi connectivity index (χ0n) is 11.7. The summed E-state index contributed by atoms with van der Waals surface area (Å²) in [5.41, 5.74) is 2.50. The second-order valence-corrected chi connectivity index (χ2v) is 5.08. The van der Waals surface area contributed by atoms with Crippen LogP contribution < -0.4 is 10.2 Å². The largest absolute Gasteiger partial charge is 0.395 e. The number of aryl methyl sites for hydroxylation is 1. The van der Waals surface area contributed by atoms with Crippen molar-refractivity contribution in [1.29, 1.82) is 0 Å². The number of aliphatic hydroxyl groups excluding tert-OH is 1. The van der Waals surface area contributed by atoms with Gasteiger partial charge in [-0.1, -0.05) is 29.3 Å². The highest BCUT2D eigenvalue weighted by molar-refractivity contribution is 6.30. The van der Waals surface area contributed by atoms with E-state index in [0.29, 0.717) is 10.7 Å². The third-order valence-electron chi connectivity index (χ3n) is 3.01. The lowest BCUT2D eigenvalue weighted by Crippen LogP contribution is -2.37. The van der Waals surface area contributed by atoms with Gasteiger partial charge in [0.25, 0.3) is 0 Å². The maximum Gasteiger partial charge on any atom is 0.326 e. The first-order valence-electron chi connectivity index (χ1n) is 6.62. The molecule has 0 aromatic heterocycles. The van der Waals surface area contributed by atoms with Crippen molar-refractivity contribution in [2.24, 2.45) is 0 Å². The average Bonchev–Trinajstić information content (AvgIpc) is 2.48. The number of benzene rings is 2. The lowest BCUT2D eigenvalue weighted by atomic mass is 10.2. The molecule has 0 fully saturated rings. The third kappa shape index (κ3) is 4.21. The molecule has 0 aliphatic heterocycles. The molecular weight excluding hydrogens is 288 g/mol. The first kappa shape index (κ1) is 15.4. The maximum absolute atomic E-state index is 12.3. The van der Waals surface area contributed by atoms with E-state index in [1.165, 1.54) is 4.90 Å². The predicted octanol–water partition coefficient (Wildman–Crippen LogP) is 3.68. The molecular formula is C16H17ClN2O2. The fourth-order valence-electron chi connectivity index (χ4n) is 1.90. The Morgan fingerprint density at radius 2 is 1.76 bits per heavy atom. The number of nitrogens with one attached hydrogen (secondary N) is 1. The molecule has 0 atom stereocenters. The molecule has 0 saturated carbocycles. The number of nitrogens with zero attached hydrogens (tertiary/aromatic N) is 1. The zero-order valence-corrected chi connectivity index (χ0v) is 12.5. The smallest absolute Gasteiger partial charge is 0.326 e. The van der Waals surface area contributed by atoms with Crippen LogP contribution in [0.25, 0.3) is 0 Å². The Hall–Kier alpha value is -2.04. The van der Waals surface area contributed by atoms with Crippen LogP contribution in [0.2, 0.25) is 5.02 Å². The normalized spacial score (nSPS) is 10.2. The standard InChI is InChI=1S/C16H17ClN2O2/c1-12-2-8-15(9-3-12)19(10-11-20)16(21)18-14-6-4-13(17)5-7-14/h2-9,20H,10-11H2,1H3,(H,18,21). The average molecular weight is 305 g/mol. The molecule has 0 aliphatic carbocycles. The number of urea groups is 1. The second kappa shape index (κ2) is 7.11. The van der Waals surface area contributed by atoms with Crippen LogP contribution in [0.1, 0.15) is 5.56 Å². The topological polar surface area (TPSA) is 52.6 Å². The van der Waals surface area contributed by atoms with Crippen molar-refractivity contribution < 1.29 is 9.90 Å². The molecule has 0 saturated heterocycles. The molecule has 110 valence electrons. The molecule has 0 aliphatic rings. The lowest BCUT2D eigenvalue weighted by Gasteiger charge is -2.22. The SMILES string of the molecule is Cc1ccc(N(CCO)C(=O)Nc2ccc(Cl)cc2)cc1. The Bertz CT molecular complexity index is 597. The summed E-state index contributed by atoms with van der Waals surface area (Å²) < 4.78 is 0. The van der Waals surface area contributed by atoms with Gasteiger partial charge in [-0.3, -0.25) is 4.90 Å². The van der Waals surface area contributed by atoms with Crippen LogP contribution in [0, 0.1) is 6.92 Å². The van der Waals surface area contributed by atoms with Gasteiger partial charge in [-0.25, -0.2) is 4.79 Å². The van der Waals surface area contributed by atoms with E-state index in [1.807, 2.05) is 31.2 Å². The molecule has 0 unspecified atom stereocenters. The Kier molecular flexibility index (Phi) is 5.20. The second-order valence-electron chi connectivity index (χ2n) is 4.65. The summed E-state index contributed by atoms with van der Waals surface area (Å²) in [5, 5.41) is 12.6. The van der Waals surface area contributed by atoms with E-state index >= 15 is 0 Å². The first-order chi connectivity index (χ1) is 10.1. The number of carbonyl (C=O) groups is 1. The van der Waals surface area contributed by atoms with E-state index in [9.17, 15) is 4.79 Å². The number of hydrogen-bond acceptors (Lipinski definition) is 2. The van der Waals surface area contributed by atoms with Gasteiger partial charge in [0, 0.05) is 16.4 Å². The highest BCUT2D eigenvalue weighted by atomic mass is 35.5. The molecule has 5 heteroatoms. The van der Waals surface area contributed by atoms with Crippen molar-refractivity contribution >= 4 is 29.0 Å². The van der Waals surface area contributed by atoms with E-state index in [1.54, 1.807) is 24.3 Å². The Labute approximate surface area is 129 Å². The maximum atomic E-state index is 12.3. The summed E-state index contributed by atoms with van der Waals surface area (Å²) in [6.45, 7) is 2.10. The van der Waals surface area contributed by atoms with Crippen LogP contribution in [0.5, 0.6) is 0 Å². The van der Waals surface area contributed by atoms with Gasteiger partial charge >= 0.3 is 6.03 Å². The molecule has 21 heavy (non-hydrogen) atoms. The van der Waals surface area contributed by atoms with Crippen LogP contribution in [-0.2, 0) is 0 Å². The van der Waals surface area contributed by atoms with E-state index in [2.05, 4.69) is 5.32 Å². The number of hydrogen-bond donors (Lipinski definition) is 2. The van der Waals surface area contributed by atoms with Gasteiger partial charge in [-0.05, 0) is 43.3 Å². The van der Waals surface area contributed by atoms with Crippen LogP contribution in [-0.4, -0.2) is 24.3 Å². The van der Waals surface area contributed by atoms with Gasteiger partial charge in [-0.2, -0.15) is 0 Å². The van der Waals surface area contributed by atoms with Crippen molar-refractivity contribution in [2.45, 2.75) is 6.92 Å². The highest BCUT2D eigenvalue weighted by Crippen LogP contribution is 2.18. The van der Waals surface area contributed by atoms with Gasteiger partial charge < -0.3 is 10.4 Å². The molecule has 4 nitrogen and oxygen atoms in total. The number of halogens is 1. The van der Waals surface area contributed by atoms with Crippen molar-refractivity contribution in [3.63, 3.8) is 0 Å². The Balaban J connectivity index is 2.15. The van der Waals surface area contributed by atoms with Gasteiger partial charge in [0.15, 0.2) is 0 Å². The Morgan fingerprint density at radius 1 is 1.14 bits per heavy atom. The number of carbonyl (C=O) groups excluding carboxylic acids is 1. The number of anilines is 2. The van der Waals surface area contributed by atoms with Crippen molar-refractivity contribution in [3.8, 4) is 0 Å². The monoisotopic (exact) mass is 304 g/mol. The molecule has 2 amide bonds. The van der Waals surface area contributed by atoms with Crippen molar-refractivity contribution in [1.82, 2.24) is 0 Å². The minimum Gasteiger partial charge on any atom is -0.395 e. The summed E-state index contributed by atoms with van der Waals surface area (Å²) in [4.78, 5) is 13.8. The molecule has 2 aromatic carbocycles. The van der Waals surface area contributed by atoms with Gasteiger partial charge in [0.05, 0.1) is 13.2 Å². The molecule has 2 N–H and O–H groups in total. The molecule has 0 bridgehead atoms. The van der Waals surface area contributed by atoms with Crippen LogP contribution in [0.3, 0.4) is 0 Å². The quantitative estimate of drug-likeness (QED) is 0.905. The Morgan fingerprint density at radius 3 is 2.33 bits per heavy atom. The summed E-state index contributed by atoms with van der Waals surface area (Å²) in [6.07, 6.45) is 0. The predicted molar refractivity (Wildman–Crippen MR) is 86.1 cm³/mol. The van der Waals surface area contributed by atoms with E-state index in [0.717, 1.165) is 11.3 Å². The highest BCUT2D eigenvalue weighted by Gasteiger charge is 2.15. The van der Waals surface area contributed by atoms with Gasteiger partial charge in [0.2, 0.25) is 0 Å². The molecule has 2 aromatic rings. The van der Waals surface area contributed by atoms with Crippen molar-refractivity contribution in [2.75, 3.05) is 23.4 Å². The summed E-state index contributed by atoms with van der Waals surface area (Å²) in [7, 11) is 0. The fraction of sp³-hybridized carbons (Fsp3) is 0.188. The first-order valence-corrected chi connectivity index (χ1v) is 6.99. The van der Waals surface area contributed by atoms with Gasteiger partial charge in [0.1, 0.15) is 0 Å². The number of amides is 2. The van der Waals surface area contributed by atoms with Crippen LogP contribution >= 0.6 is 11.6 Å². The third-order valence-corrected chi connectivity index (χ3v) is 3.26. The molecule has 0 heterocycles. The number of aliphatic hydroxyl groups is 1. The lowest BCUT2D eigenvalue weighted by molar-refractivity contribution is 0.252. The van der Waals surface area contributed by atoms with Gasteiger partial charge in [-0.15, -0.1) is 0 Å². The van der Waals surface area contributed by atoms with Crippen LogP contribution in [0.4, 0.5) is 16.2 Å². The van der Waals surface area contributed by atoms with E-state index in [4.69, 9.17) is 16.7 Å². The number of rotatable bonds is 4. The summed E-state index contributed by atoms with van der Waals surface area (Å²) in [6, 6.07) is 14.1. The van der Waals surface area contributed by atoms with Crippen LogP contribution in [0.15, 0.2) is 48.5 Å². The summed E-state index contributed by atoms with van der Waals surface area (Å²) in [5.74, 6) is 0. The van der Waals surface area contributed by atoms with Crippen molar-refractivity contribution in [3.05, 3.63) is 59.1 Å². The fourth-order valence-corrected chi connectivity index (χ4v) is 2.02. The summed E-state index contributed by atoms with van der Waals surface area (Å²) >= 11 is 5.82. The minimum absolute atomic E-state index is 0.109. The molecule has 0 spiro atoms. The molecule has 0 radical (unpaired) electrons. The zero-order chi connectivity index (χ0) is 15.2. The minimum atomic E-state index is -0.296.